The van der Waals surface area contributed by atoms with Crippen molar-refractivity contribution in [3.63, 3.8) is 0 Å². The van der Waals surface area contributed by atoms with E-state index in [1.165, 1.54) is 23.3 Å². The van der Waals surface area contributed by atoms with Crippen LogP contribution in [0.15, 0.2) is 47.8 Å². The van der Waals surface area contributed by atoms with Gasteiger partial charge in [-0.05, 0) is 55.3 Å². The van der Waals surface area contributed by atoms with Crippen molar-refractivity contribution < 1.29 is 4.39 Å². The Morgan fingerprint density at radius 2 is 1.81 bits per heavy atom. The van der Waals surface area contributed by atoms with E-state index in [1.54, 1.807) is 23.5 Å². The first-order chi connectivity index (χ1) is 10.1. The molecule has 1 N–H and O–H groups in total. The molecule has 0 radical (unpaired) electrons. The summed E-state index contributed by atoms with van der Waals surface area (Å²) in [6.45, 7) is 4.13. The summed E-state index contributed by atoms with van der Waals surface area (Å²) < 4.78 is 12.9. The molecule has 0 aliphatic carbocycles. The molecule has 0 saturated carbocycles. The number of halogens is 1. The van der Waals surface area contributed by atoms with Crippen LogP contribution >= 0.6 is 11.3 Å². The molecule has 0 atom stereocenters. The minimum Gasteiger partial charge on any atom is -0.331 e. The van der Waals surface area contributed by atoms with Gasteiger partial charge in [-0.25, -0.2) is 9.37 Å². The van der Waals surface area contributed by atoms with Gasteiger partial charge in [-0.15, -0.1) is 11.3 Å². The van der Waals surface area contributed by atoms with Gasteiger partial charge in [0.05, 0.1) is 5.69 Å². The van der Waals surface area contributed by atoms with Gasteiger partial charge in [0.1, 0.15) is 5.82 Å². The van der Waals surface area contributed by atoms with Gasteiger partial charge >= 0.3 is 0 Å². The second-order valence-corrected chi connectivity index (χ2v) is 5.85. The largest absolute Gasteiger partial charge is 0.331 e. The number of anilines is 2. The third-order valence-corrected chi connectivity index (χ3v) is 4.04. The lowest BCUT2D eigenvalue weighted by Crippen LogP contribution is -1.93. The fourth-order valence-electron chi connectivity index (χ4n) is 2.07. The topological polar surface area (TPSA) is 24.9 Å². The van der Waals surface area contributed by atoms with Crippen LogP contribution in [0.25, 0.3) is 11.3 Å². The van der Waals surface area contributed by atoms with E-state index in [9.17, 15) is 4.39 Å². The van der Waals surface area contributed by atoms with Gasteiger partial charge in [-0.1, -0.05) is 12.1 Å². The molecule has 0 aliphatic heterocycles. The first-order valence-corrected chi connectivity index (χ1v) is 7.55. The summed E-state index contributed by atoms with van der Waals surface area (Å²) in [6, 6.07) is 12.7. The average Bonchev–Trinajstić information content (AvgIpc) is 2.92. The van der Waals surface area contributed by atoms with Crippen LogP contribution in [0.1, 0.15) is 11.1 Å². The Morgan fingerprint density at radius 1 is 1.05 bits per heavy atom. The van der Waals surface area contributed by atoms with Crippen molar-refractivity contribution in [2.75, 3.05) is 5.32 Å². The Morgan fingerprint density at radius 3 is 2.57 bits per heavy atom. The molecule has 4 heteroatoms. The zero-order chi connectivity index (χ0) is 14.8. The monoisotopic (exact) mass is 298 g/mol. The molecule has 2 aromatic carbocycles. The number of rotatable bonds is 3. The standard InChI is InChI=1S/C17H15FN2S/c1-11-3-4-12(2)15(9-11)19-17-20-16(10-21-17)13-5-7-14(18)8-6-13/h3-10H,1-2H3,(H,19,20). The molecule has 106 valence electrons. The summed E-state index contributed by atoms with van der Waals surface area (Å²) >= 11 is 1.54. The van der Waals surface area contributed by atoms with Gasteiger partial charge in [0.25, 0.3) is 0 Å². The SMILES string of the molecule is Cc1ccc(C)c(Nc2nc(-c3ccc(F)cc3)cs2)c1. The normalized spacial score (nSPS) is 10.6. The van der Waals surface area contributed by atoms with Crippen LogP contribution in [0.2, 0.25) is 0 Å². The van der Waals surface area contributed by atoms with Crippen molar-refractivity contribution in [3.8, 4) is 11.3 Å². The fraction of sp³-hybridized carbons (Fsp3) is 0.118. The highest BCUT2D eigenvalue weighted by Gasteiger charge is 2.06. The molecular formula is C17H15FN2S. The van der Waals surface area contributed by atoms with Crippen molar-refractivity contribution in [2.45, 2.75) is 13.8 Å². The highest BCUT2D eigenvalue weighted by molar-refractivity contribution is 7.14. The number of thiazole rings is 1. The second-order valence-electron chi connectivity index (χ2n) is 4.99. The van der Waals surface area contributed by atoms with Crippen LogP contribution in [0.5, 0.6) is 0 Å². The number of hydrogen-bond acceptors (Lipinski definition) is 3. The Hall–Kier alpha value is -2.20. The molecule has 21 heavy (non-hydrogen) atoms. The summed E-state index contributed by atoms with van der Waals surface area (Å²) in [5.41, 5.74) is 5.22. The Bertz CT molecular complexity index is 763. The zero-order valence-corrected chi connectivity index (χ0v) is 12.7. The molecule has 0 saturated heterocycles. The summed E-state index contributed by atoms with van der Waals surface area (Å²) in [5, 5.41) is 6.16. The number of benzene rings is 2. The molecule has 0 fully saturated rings. The smallest absolute Gasteiger partial charge is 0.187 e. The number of nitrogens with one attached hydrogen (secondary N) is 1. The van der Waals surface area contributed by atoms with Gasteiger partial charge in [0, 0.05) is 16.6 Å². The van der Waals surface area contributed by atoms with Crippen LogP contribution in [-0.2, 0) is 0 Å². The summed E-state index contributed by atoms with van der Waals surface area (Å²) in [7, 11) is 0. The van der Waals surface area contributed by atoms with Crippen molar-refractivity contribution in [2.24, 2.45) is 0 Å². The molecule has 2 nitrogen and oxygen atoms in total. The quantitative estimate of drug-likeness (QED) is 0.709. The van der Waals surface area contributed by atoms with E-state index in [1.807, 2.05) is 5.38 Å². The molecule has 1 heterocycles. The molecule has 3 rings (SSSR count). The molecule has 0 amide bonds. The Balaban J connectivity index is 1.85. The van der Waals surface area contributed by atoms with Crippen molar-refractivity contribution in [1.82, 2.24) is 4.98 Å². The van der Waals surface area contributed by atoms with Crippen molar-refractivity contribution in [3.05, 3.63) is 64.8 Å². The minimum atomic E-state index is -0.234. The van der Waals surface area contributed by atoms with Gasteiger partial charge in [0.15, 0.2) is 5.13 Å². The van der Waals surface area contributed by atoms with E-state index < -0.39 is 0 Å². The van der Waals surface area contributed by atoms with E-state index in [-0.39, 0.29) is 5.82 Å². The molecule has 0 bridgehead atoms. The molecule has 3 aromatic rings. The predicted molar refractivity (Wildman–Crippen MR) is 86.7 cm³/mol. The average molecular weight is 298 g/mol. The highest BCUT2D eigenvalue weighted by Crippen LogP contribution is 2.28. The van der Waals surface area contributed by atoms with Crippen LogP contribution in [0.3, 0.4) is 0 Å². The van der Waals surface area contributed by atoms with Gasteiger partial charge in [-0.3, -0.25) is 0 Å². The van der Waals surface area contributed by atoms with E-state index in [4.69, 9.17) is 0 Å². The van der Waals surface area contributed by atoms with E-state index >= 15 is 0 Å². The third-order valence-electron chi connectivity index (χ3n) is 3.28. The zero-order valence-electron chi connectivity index (χ0n) is 11.9. The third kappa shape index (κ3) is 3.11. The Labute approximate surface area is 127 Å². The molecule has 1 aromatic heterocycles. The first kappa shape index (κ1) is 13.8. The van der Waals surface area contributed by atoms with Gasteiger partial charge < -0.3 is 5.32 Å². The van der Waals surface area contributed by atoms with Crippen molar-refractivity contribution >= 4 is 22.2 Å². The molecule has 0 unspecified atom stereocenters. The number of hydrogen-bond donors (Lipinski definition) is 1. The van der Waals surface area contributed by atoms with Gasteiger partial charge in [-0.2, -0.15) is 0 Å². The van der Waals surface area contributed by atoms with Crippen LogP contribution in [-0.4, -0.2) is 4.98 Å². The maximum Gasteiger partial charge on any atom is 0.187 e. The van der Waals surface area contributed by atoms with E-state index in [2.05, 4.69) is 42.3 Å². The highest BCUT2D eigenvalue weighted by atomic mass is 32.1. The predicted octanol–water partition coefficient (Wildman–Crippen LogP) is 5.31. The van der Waals surface area contributed by atoms with Crippen LogP contribution in [0, 0.1) is 19.7 Å². The van der Waals surface area contributed by atoms with Crippen molar-refractivity contribution in [1.29, 1.82) is 0 Å². The van der Waals surface area contributed by atoms with Crippen LogP contribution < -0.4 is 5.32 Å². The number of aromatic nitrogens is 1. The van der Waals surface area contributed by atoms with E-state index in [0.717, 1.165) is 22.1 Å². The Kier molecular flexibility index (Phi) is 3.71. The second kappa shape index (κ2) is 5.66. The summed E-state index contributed by atoms with van der Waals surface area (Å²) in [6.07, 6.45) is 0. The lowest BCUT2D eigenvalue weighted by atomic mass is 10.1. The molecule has 0 aliphatic rings. The summed E-state index contributed by atoms with van der Waals surface area (Å²) in [5.74, 6) is -0.234. The van der Waals surface area contributed by atoms with Gasteiger partial charge in [0.2, 0.25) is 0 Å². The molecule has 0 spiro atoms. The lowest BCUT2D eigenvalue weighted by Gasteiger charge is -2.07. The first-order valence-electron chi connectivity index (χ1n) is 6.67. The van der Waals surface area contributed by atoms with E-state index in [0.29, 0.717) is 0 Å². The maximum atomic E-state index is 12.9. The molecular weight excluding hydrogens is 283 g/mol. The fourth-order valence-corrected chi connectivity index (χ4v) is 2.80. The minimum absolute atomic E-state index is 0.234. The number of aryl methyl sites for hydroxylation is 2. The lowest BCUT2D eigenvalue weighted by molar-refractivity contribution is 0.628. The number of nitrogens with zero attached hydrogens (tertiary/aromatic N) is 1. The van der Waals surface area contributed by atoms with Crippen LogP contribution in [0.4, 0.5) is 15.2 Å². The summed E-state index contributed by atoms with van der Waals surface area (Å²) in [4.78, 5) is 4.56. The maximum absolute atomic E-state index is 12.9.